The highest BCUT2D eigenvalue weighted by atomic mass is 35.5. The largest absolute Gasteiger partial charge is 0.341 e. The number of fused-ring (bicyclic) bond motifs is 1. The van der Waals surface area contributed by atoms with Crippen LogP contribution in [0.25, 0.3) is 11.0 Å². The van der Waals surface area contributed by atoms with E-state index in [4.69, 9.17) is 22.3 Å². The molecule has 5 rings (SSSR count). The summed E-state index contributed by atoms with van der Waals surface area (Å²) in [6.07, 6.45) is 1.81. The van der Waals surface area contributed by atoms with Crippen molar-refractivity contribution in [3.8, 4) is 6.07 Å². The Labute approximate surface area is 218 Å². The van der Waals surface area contributed by atoms with Gasteiger partial charge >= 0.3 is 0 Å². The number of nitrogens with zero attached hydrogens (tertiary/aromatic N) is 6. The van der Waals surface area contributed by atoms with Crippen LogP contribution in [-0.4, -0.2) is 38.0 Å². The Morgan fingerprint density at radius 3 is 2.49 bits per heavy atom. The van der Waals surface area contributed by atoms with Gasteiger partial charge in [-0.1, -0.05) is 48.0 Å². The number of nitriles is 1. The fourth-order valence-electron chi connectivity index (χ4n) is 5.05. The third-order valence-electron chi connectivity index (χ3n) is 6.90. The van der Waals surface area contributed by atoms with E-state index in [1.54, 1.807) is 28.8 Å². The molecule has 1 aliphatic heterocycles. The molecule has 9 nitrogen and oxygen atoms in total. The fraction of sp³-hybridized carbons (Fsp3) is 0.333. The van der Waals surface area contributed by atoms with Gasteiger partial charge in [0.1, 0.15) is 5.52 Å². The zero-order valence-corrected chi connectivity index (χ0v) is 21.4. The molecule has 2 aromatic heterocycles. The lowest BCUT2D eigenvalue weighted by molar-refractivity contribution is 0.458. The van der Waals surface area contributed by atoms with Gasteiger partial charge in [0.05, 0.1) is 24.7 Å². The molecule has 0 radical (unpaired) electrons. The van der Waals surface area contributed by atoms with Crippen LogP contribution in [0.5, 0.6) is 0 Å². The molecule has 2 aromatic carbocycles. The van der Waals surface area contributed by atoms with Crippen molar-refractivity contribution in [2.24, 2.45) is 5.73 Å². The topological polar surface area (TPSA) is 115 Å². The number of benzene rings is 2. The van der Waals surface area contributed by atoms with E-state index in [-0.39, 0.29) is 47.8 Å². The van der Waals surface area contributed by atoms with Crippen LogP contribution in [0.15, 0.2) is 58.1 Å². The van der Waals surface area contributed by atoms with Crippen LogP contribution < -0.4 is 21.8 Å². The summed E-state index contributed by atoms with van der Waals surface area (Å²) < 4.78 is 4.61. The first kappa shape index (κ1) is 24.8. The summed E-state index contributed by atoms with van der Waals surface area (Å²) >= 11 is 6.50. The van der Waals surface area contributed by atoms with E-state index in [1.807, 2.05) is 31.2 Å². The summed E-state index contributed by atoms with van der Waals surface area (Å²) in [5, 5.41) is 10.1. The number of nitrogens with two attached hydrogens (primary N) is 1. The third kappa shape index (κ3) is 4.54. The Morgan fingerprint density at radius 1 is 1.05 bits per heavy atom. The summed E-state index contributed by atoms with van der Waals surface area (Å²) in [6, 6.07) is 16.7. The van der Waals surface area contributed by atoms with Crippen LogP contribution in [0.2, 0.25) is 5.02 Å². The van der Waals surface area contributed by atoms with Crippen molar-refractivity contribution in [2.45, 2.75) is 45.4 Å². The molecular weight excluding hydrogens is 490 g/mol. The van der Waals surface area contributed by atoms with Crippen molar-refractivity contribution in [1.29, 1.82) is 5.26 Å². The number of anilines is 1. The summed E-state index contributed by atoms with van der Waals surface area (Å²) in [5.74, 6) is 0.539. The van der Waals surface area contributed by atoms with Gasteiger partial charge in [-0.15, -0.1) is 0 Å². The number of hydrogen-bond acceptors (Lipinski definition) is 6. The van der Waals surface area contributed by atoms with Gasteiger partial charge in [-0.05, 0) is 43.0 Å². The SMILES string of the molecule is CCn1c(=O)c2nc(N3CCCC(N)C3)n(Cc3ccccc3Cl)c2c(=O)n1Cc1ccccc1C#N. The highest BCUT2D eigenvalue weighted by Gasteiger charge is 2.27. The standard InChI is InChI=1S/C27H28ClN7O2/c1-2-34-25(36)23-24(26(37)35(34)16-19-9-4-3-8-18(19)14-29)33(15-20-10-5-6-12-22(20)28)27(31-23)32-13-7-11-21(30)17-32/h3-6,8-10,12,21H,2,7,11,13,15-17,30H2,1H3. The molecule has 4 aromatic rings. The van der Waals surface area contributed by atoms with E-state index in [0.717, 1.165) is 24.9 Å². The normalized spacial score (nSPS) is 15.7. The van der Waals surface area contributed by atoms with Crippen molar-refractivity contribution < 1.29 is 0 Å². The molecule has 37 heavy (non-hydrogen) atoms. The molecule has 3 heterocycles. The Kier molecular flexibility index (Phi) is 6.87. The van der Waals surface area contributed by atoms with Gasteiger partial charge < -0.3 is 15.2 Å². The minimum atomic E-state index is -0.355. The Hall–Kier alpha value is -3.87. The van der Waals surface area contributed by atoms with Gasteiger partial charge in [0, 0.05) is 30.7 Å². The van der Waals surface area contributed by atoms with Gasteiger partial charge in [0.2, 0.25) is 5.95 Å². The first-order chi connectivity index (χ1) is 17.9. The van der Waals surface area contributed by atoms with E-state index >= 15 is 0 Å². The molecule has 0 aliphatic carbocycles. The molecular formula is C27H28ClN7O2. The molecule has 0 spiro atoms. The van der Waals surface area contributed by atoms with Crippen LogP contribution in [0.3, 0.4) is 0 Å². The number of halogens is 1. The van der Waals surface area contributed by atoms with Gasteiger partial charge in [-0.3, -0.25) is 9.59 Å². The smallest absolute Gasteiger partial charge is 0.293 e. The van der Waals surface area contributed by atoms with E-state index < -0.39 is 0 Å². The second-order valence-electron chi connectivity index (χ2n) is 9.29. The van der Waals surface area contributed by atoms with Crippen molar-refractivity contribution in [2.75, 3.05) is 18.0 Å². The second-order valence-corrected chi connectivity index (χ2v) is 9.69. The van der Waals surface area contributed by atoms with Crippen LogP contribution in [-0.2, 0) is 19.6 Å². The third-order valence-corrected chi connectivity index (χ3v) is 7.27. The Balaban J connectivity index is 1.77. The van der Waals surface area contributed by atoms with Gasteiger partial charge in [0.15, 0.2) is 5.52 Å². The van der Waals surface area contributed by atoms with Crippen LogP contribution in [0, 0.1) is 11.3 Å². The number of hydrogen-bond donors (Lipinski definition) is 1. The monoisotopic (exact) mass is 517 g/mol. The molecule has 1 fully saturated rings. The number of rotatable bonds is 6. The lowest BCUT2D eigenvalue weighted by atomic mass is 10.1. The van der Waals surface area contributed by atoms with E-state index in [1.165, 1.54) is 9.36 Å². The Morgan fingerprint density at radius 2 is 1.78 bits per heavy atom. The molecule has 10 heteroatoms. The fourth-order valence-corrected chi connectivity index (χ4v) is 5.25. The van der Waals surface area contributed by atoms with Crippen molar-refractivity contribution in [3.63, 3.8) is 0 Å². The summed E-state index contributed by atoms with van der Waals surface area (Å²) in [4.78, 5) is 34.6. The molecule has 1 saturated heterocycles. The lowest BCUT2D eigenvalue weighted by Gasteiger charge is -2.32. The van der Waals surface area contributed by atoms with E-state index in [0.29, 0.717) is 28.6 Å². The second kappa shape index (κ2) is 10.2. The number of aromatic nitrogens is 4. The van der Waals surface area contributed by atoms with Crippen LogP contribution in [0.4, 0.5) is 5.95 Å². The minimum Gasteiger partial charge on any atom is -0.341 e. The predicted octanol–water partition coefficient (Wildman–Crippen LogP) is 2.93. The van der Waals surface area contributed by atoms with Gasteiger partial charge in [0.25, 0.3) is 11.1 Å². The Bertz CT molecular complexity index is 1630. The minimum absolute atomic E-state index is 0.0197. The predicted molar refractivity (Wildman–Crippen MR) is 144 cm³/mol. The maximum absolute atomic E-state index is 14.1. The van der Waals surface area contributed by atoms with Gasteiger partial charge in [-0.25, -0.2) is 14.3 Å². The highest BCUT2D eigenvalue weighted by Crippen LogP contribution is 2.26. The van der Waals surface area contributed by atoms with Crippen molar-refractivity contribution in [1.82, 2.24) is 18.9 Å². The molecule has 1 atom stereocenters. The molecule has 0 amide bonds. The first-order valence-corrected chi connectivity index (χ1v) is 12.8. The molecule has 2 N–H and O–H groups in total. The lowest BCUT2D eigenvalue weighted by Crippen LogP contribution is -2.44. The number of piperidine rings is 1. The van der Waals surface area contributed by atoms with Crippen molar-refractivity contribution in [3.05, 3.63) is 91.0 Å². The molecule has 190 valence electrons. The van der Waals surface area contributed by atoms with Crippen LogP contribution in [0.1, 0.15) is 36.5 Å². The molecule has 0 bridgehead atoms. The van der Waals surface area contributed by atoms with Crippen molar-refractivity contribution >= 4 is 28.6 Å². The average molecular weight is 518 g/mol. The van der Waals surface area contributed by atoms with E-state index in [9.17, 15) is 14.9 Å². The molecule has 1 aliphatic rings. The summed E-state index contributed by atoms with van der Waals surface area (Å²) in [5.41, 5.74) is 7.83. The average Bonchev–Trinajstić information content (AvgIpc) is 3.28. The number of imidazole rings is 1. The van der Waals surface area contributed by atoms with E-state index in [2.05, 4.69) is 11.0 Å². The summed E-state index contributed by atoms with van der Waals surface area (Å²) in [7, 11) is 0. The molecule has 1 unspecified atom stereocenters. The quantitative estimate of drug-likeness (QED) is 0.420. The maximum Gasteiger partial charge on any atom is 0.293 e. The maximum atomic E-state index is 14.1. The molecule has 0 saturated carbocycles. The zero-order valence-electron chi connectivity index (χ0n) is 20.6. The highest BCUT2D eigenvalue weighted by molar-refractivity contribution is 6.31. The van der Waals surface area contributed by atoms with Gasteiger partial charge in [-0.2, -0.15) is 5.26 Å². The zero-order chi connectivity index (χ0) is 26.1. The van der Waals surface area contributed by atoms with Crippen LogP contribution >= 0.6 is 11.6 Å². The first-order valence-electron chi connectivity index (χ1n) is 12.4. The summed E-state index contributed by atoms with van der Waals surface area (Å²) in [6.45, 7) is 3.76.